The number of rotatable bonds is 3. The summed E-state index contributed by atoms with van der Waals surface area (Å²) in [6, 6.07) is 0. The van der Waals surface area contributed by atoms with Crippen LogP contribution in [0.5, 0.6) is 0 Å². The zero-order valence-corrected chi connectivity index (χ0v) is 8.09. The highest BCUT2D eigenvalue weighted by Gasteiger charge is 2.16. The van der Waals surface area contributed by atoms with Crippen molar-refractivity contribution in [2.75, 3.05) is 0 Å². The van der Waals surface area contributed by atoms with Gasteiger partial charge in [-0.3, -0.25) is 4.98 Å². The van der Waals surface area contributed by atoms with Gasteiger partial charge in [0.2, 0.25) is 6.33 Å². The SMILES string of the molecule is O=C(O)c1cncc(-n2cnc([N+](=O)[O-])n2)n1. The van der Waals surface area contributed by atoms with Gasteiger partial charge in [-0.05, 0) is 4.92 Å². The highest BCUT2D eigenvalue weighted by Crippen LogP contribution is 2.06. The Morgan fingerprint density at radius 2 is 2.24 bits per heavy atom. The van der Waals surface area contributed by atoms with Gasteiger partial charge in [0.25, 0.3) is 0 Å². The van der Waals surface area contributed by atoms with Crippen molar-refractivity contribution in [3.8, 4) is 5.82 Å². The molecule has 0 bridgehead atoms. The third-order valence-corrected chi connectivity index (χ3v) is 1.72. The highest BCUT2D eigenvalue weighted by molar-refractivity contribution is 5.85. The number of aromatic nitrogens is 5. The molecular formula is C7H4N6O4. The Morgan fingerprint density at radius 3 is 2.82 bits per heavy atom. The number of hydrogen-bond donors (Lipinski definition) is 1. The molecule has 0 amide bonds. The second-order valence-corrected chi connectivity index (χ2v) is 2.81. The Hall–Kier alpha value is -2.91. The van der Waals surface area contributed by atoms with Gasteiger partial charge >= 0.3 is 11.9 Å². The van der Waals surface area contributed by atoms with Gasteiger partial charge in [0.15, 0.2) is 11.5 Å². The lowest BCUT2D eigenvalue weighted by Gasteiger charge is -1.96. The van der Waals surface area contributed by atoms with Crippen molar-refractivity contribution in [2.24, 2.45) is 0 Å². The fraction of sp³-hybridized carbons (Fsp3) is 0. The van der Waals surface area contributed by atoms with Gasteiger partial charge in [-0.2, -0.15) is 0 Å². The van der Waals surface area contributed by atoms with Gasteiger partial charge in [0.1, 0.15) is 0 Å². The Bertz CT molecular complexity index is 594. The third-order valence-electron chi connectivity index (χ3n) is 1.72. The summed E-state index contributed by atoms with van der Waals surface area (Å²) in [6.07, 6.45) is 3.32. The molecule has 2 aromatic heterocycles. The van der Waals surface area contributed by atoms with Crippen LogP contribution in [0.2, 0.25) is 0 Å². The Labute approximate surface area is 92.7 Å². The minimum absolute atomic E-state index is 0.0329. The number of carboxylic acids is 1. The number of carboxylic acid groups (broad SMARTS) is 1. The monoisotopic (exact) mass is 236 g/mol. The molecule has 0 aromatic carbocycles. The Kier molecular flexibility index (Phi) is 2.45. The first-order valence-electron chi connectivity index (χ1n) is 4.19. The van der Waals surface area contributed by atoms with Crippen LogP contribution in [0, 0.1) is 10.1 Å². The van der Waals surface area contributed by atoms with E-state index in [-0.39, 0.29) is 11.5 Å². The average Bonchev–Trinajstić information content (AvgIpc) is 2.78. The molecule has 0 saturated carbocycles. The first kappa shape index (κ1) is 10.6. The summed E-state index contributed by atoms with van der Waals surface area (Å²) in [6.45, 7) is 0. The molecular weight excluding hydrogens is 232 g/mol. The van der Waals surface area contributed by atoms with Crippen molar-refractivity contribution in [3.05, 3.63) is 34.5 Å². The lowest BCUT2D eigenvalue weighted by Crippen LogP contribution is -2.06. The molecule has 0 fully saturated rings. The van der Waals surface area contributed by atoms with Crippen LogP contribution in [0.15, 0.2) is 18.7 Å². The van der Waals surface area contributed by atoms with Gasteiger partial charge in [-0.25, -0.2) is 9.78 Å². The van der Waals surface area contributed by atoms with Crippen LogP contribution in [0.4, 0.5) is 5.95 Å². The minimum atomic E-state index is -1.26. The smallest absolute Gasteiger partial charge is 0.476 e. The van der Waals surface area contributed by atoms with E-state index < -0.39 is 16.8 Å². The quantitative estimate of drug-likeness (QED) is 0.564. The van der Waals surface area contributed by atoms with Gasteiger partial charge in [-0.1, -0.05) is 4.98 Å². The number of carbonyl (C=O) groups is 1. The van der Waals surface area contributed by atoms with Crippen molar-refractivity contribution in [1.82, 2.24) is 24.7 Å². The largest absolute Gasteiger partial charge is 0.491 e. The minimum Gasteiger partial charge on any atom is -0.476 e. The van der Waals surface area contributed by atoms with E-state index in [1.807, 2.05) is 0 Å². The fourth-order valence-electron chi connectivity index (χ4n) is 1.02. The van der Waals surface area contributed by atoms with E-state index in [0.717, 1.165) is 17.2 Å². The second-order valence-electron chi connectivity index (χ2n) is 2.81. The summed E-state index contributed by atoms with van der Waals surface area (Å²) in [7, 11) is 0. The summed E-state index contributed by atoms with van der Waals surface area (Å²) >= 11 is 0. The van der Waals surface area contributed by atoms with Crippen LogP contribution in [0.25, 0.3) is 5.82 Å². The van der Waals surface area contributed by atoms with Gasteiger partial charge < -0.3 is 15.2 Å². The van der Waals surface area contributed by atoms with Crippen molar-refractivity contribution < 1.29 is 14.8 Å². The molecule has 0 aliphatic heterocycles. The summed E-state index contributed by atoms with van der Waals surface area (Å²) in [5, 5.41) is 22.5. The molecule has 0 aliphatic carbocycles. The molecule has 0 atom stereocenters. The van der Waals surface area contributed by atoms with Crippen LogP contribution >= 0.6 is 0 Å². The maximum atomic E-state index is 10.6. The summed E-state index contributed by atoms with van der Waals surface area (Å²) < 4.78 is 0.970. The normalized spacial score (nSPS) is 10.1. The van der Waals surface area contributed by atoms with Gasteiger partial charge in [0, 0.05) is 5.10 Å². The Morgan fingerprint density at radius 1 is 1.47 bits per heavy atom. The number of nitrogens with zero attached hydrogens (tertiary/aromatic N) is 6. The molecule has 2 rings (SSSR count). The van der Waals surface area contributed by atoms with Crippen LogP contribution in [0.1, 0.15) is 10.5 Å². The highest BCUT2D eigenvalue weighted by atomic mass is 16.6. The van der Waals surface area contributed by atoms with E-state index in [4.69, 9.17) is 5.11 Å². The zero-order chi connectivity index (χ0) is 12.4. The first-order valence-corrected chi connectivity index (χ1v) is 4.19. The number of hydrogen-bond acceptors (Lipinski definition) is 7. The van der Waals surface area contributed by atoms with Gasteiger partial charge in [-0.15, -0.1) is 4.68 Å². The van der Waals surface area contributed by atoms with Crippen LogP contribution in [-0.4, -0.2) is 40.7 Å². The van der Waals surface area contributed by atoms with Crippen molar-refractivity contribution >= 4 is 11.9 Å². The molecule has 0 spiro atoms. The molecule has 0 unspecified atom stereocenters. The number of nitro groups is 1. The predicted octanol–water partition coefficient (Wildman–Crippen LogP) is -0.336. The first-order chi connectivity index (χ1) is 8.08. The van der Waals surface area contributed by atoms with Crippen LogP contribution in [0.3, 0.4) is 0 Å². The molecule has 86 valence electrons. The standard InChI is InChI=1S/C7H4N6O4/c14-6(15)4-1-8-2-5(10-4)12-3-9-7(11-12)13(16)17/h1-3H,(H,14,15). The van der Waals surface area contributed by atoms with Gasteiger partial charge in [0.05, 0.1) is 12.4 Å². The summed E-state index contributed by atoms with van der Waals surface area (Å²) in [5.74, 6) is -1.83. The van der Waals surface area contributed by atoms with E-state index >= 15 is 0 Å². The summed E-state index contributed by atoms with van der Waals surface area (Å²) in [5.41, 5.74) is -0.291. The van der Waals surface area contributed by atoms with Crippen LogP contribution < -0.4 is 0 Å². The third kappa shape index (κ3) is 2.04. The lowest BCUT2D eigenvalue weighted by molar-refractivity contribution is -0.394. The fourth-order valence-corrected chi connectivity index (χ4v) is 1.02. The molecule has 0 saturated heterocycles. The van der Waals surface area contributed by atoms with E-state index in [1.54, 1.807) is 0 Å². The van der Waals surface area contributed by atoms with E-state index in [0.29, 0.717) is 0 Å². The van der Waals surface area contributed by atoms with E-state index in [9.17, 15) is 14.9 Å². The molecule has 10 nitrogen and oxygen atoms in total. The van der Waals surface area contributed by atoms with Crippen molar-refractivity contribution in [3.63, 3.8) is 0 Å². The molecule has 1 N–H and O–H groups in total. The molecule has 17 heavy (non-hydrogen) atoms. The maximum Gasteiger partial charge on any atom is 0.491 e. The summed E-state index contributed by atoms with van der Waals surface area (Å²) in [4.78, 5) is 31.0. The zero-order valence-electron chi connectivity index (χ0n) is 8.09. The van der Waals surface area contributed by atoms with Crippen molar-refractivity contribution in [1.29, 1.82) is 0 Å². The van der Waals surface area contributed by atoms with E-state index in [2.05, 4.69) is 20.1 Å². The Balaban J connectivity index is 2.42. The lowest BCUT2D eigenvalue weighted by atomic mass is 10.4. The molecule has 2 aromatic rings. The number of aromatic carboxylic acids is 1. The topological polar surface area (TPSA) is 137 Å². The molecule has 0 aliphatic rings. The second kappa shape index (κ2) is 3.92. The van der Waals surface area contributed by atoms with Crippen LogP contribution in [-0.2, 0) is 0 Å². The average molecular weight is 236 g/mol. The molecule has 10 heteroatoms. The van der Waals surface area contributed by atoms with E-state index in [1.165, 1.54) is 6.20 Å². The molecule has 0 radical (unpaired) electrons. The maximum absolute atomic E-state index is 10.6. The van der Waals surface area contributed by atoms with Crippen molar-refractivity contribution in [2.45, 2.75) is 0 Å². The molecule has 2 heterocycles. The predicted molar refractivity (Wildman–Crippen MR) is 50.6 cm³/mol.